The summed E-state index contributed by atoms with van der Waals surface area (Å²) in [5.74, 6) is 0.652. The predicted octanol–water partition coefficient (Wildman–Crippen LogP) is 4.24. The van der Waals surface area contributed by atoms with Crippen molar-refractivity contribution in [2.24, 2.45) is 0 Å². The first-order valence-electron chi connectivity index (χ1n) is 8.51. The fourth-order valence-electron chi connectivity index (χ4n) is 2.38. The second kappa shape index (κ2) is 8.18. The molecule has 0 aliphatic heterocycles. The van der Waals surface area contributed by atoms with Gasteiger partial charge in [0.2, 0.25) is 0 Å². The molecule has 2 amide bonds. The number of anilines is 5. The molecule has 1 aromatic heterocycles. The highest BCUT2D eigenvalue weighted by atomic mass is 16.2. The molecule has 3 rings (SSSR count). The third-order valence-corrected chi connectivity index (χ3v) is 3.88. The molecule has 0 saturated heterocycles. The standard InChI is InChI=1S/C20H22N6O/c1-14-4-6-16(7-5-14)23-20(27)24-17-10-8-15(9-11-17)22-19-12-18(26(2)3)13-21-25-19/h4-13H,1-3H3,(H,22,25)(H2,23,24,27). The first-order chi connectivity index (χ1) is 13.0. The third-order valence-electron chi connectivity index (χ3n) is 3.88. The van der Waals surface area contributed by atoms with E-state index in [1.54, 1.807) is 6.20 Å². The van der Waals surface area contributed by atoms with Crippen LogP contribution < -0.4 is 20.9 Å². The monoisotopic (exact) mass is 362 g/mol. The minimum absolute atomic E-state index is 0.288. The van der Waals surface area contributed by atoms with E-state index < -0.39 is 0 Å². The quantitative estimate of drug-likeness (QED) is 0.632. The smallest absolute Gasteiger partial charge is 0.323 e. The van der Waals surface area contributed by atoms with Gasteiger partial charge in [0.1, 0.15) is 0 Å². The van der Waals surface area contributed by atoms with E-state index in [9.17, 15) is 4.79 Å². The molecule has 0 bridgehead atoms. The number of benzene rings is 2. The Balaban J connectivity index is 1.59. The molecule has 7 nitrogen and oxygen atoms in total. The van der Waals surface area contributed by atoms with E-state index in [0.29, 0.717) is 11.5 Å². The van der Waals surface area contributed by atoms with Gasteiger partial charge >= 0.3 is 6.03 Å². The Morgan fingerprint density at radius 1 is 0.889 bits per heavy atom. The zero-order chi connectivity index (χ0) is 19.2. The van der Waals surface area contributed by atoms with Crippen molar-refractivity contribution >= 4 is 34.6 Å². The highest BCUT2D eigenvalue weighted by molar-refractivity contribution is 5.99. The van der Waals surface area contributed by atoms with E-state index in [4.69, 9.17) is 0 Å². The van der Waals surface area contributed by atoms with Crippen molar-refractivity contribution in [1.29, 1.82) is 0 Å². The van der Waals surface area contributed by atoms with Crippen LogP contribution in [0.5, 0.6) is 0 Å². The van der Waals surface area contributed by atoms with Crippen molar-refractivity contribution < 1.29 is 4.79 Å². The van der Waals surface area contributed by atoms with E-state index >= 15 is 0 Å². The van der Waals surface area contributed by atoms with Gasteiger partial charge in [-0.05, 0) is 43.3 Å². The Kier molecular flexibility index (Phi) is 5.51. The van der Waals surface area contributed by atoms with Gasteiger partial charge in [0.05, 0.1) is 11.9 Å². The minimum atomic E-state index is -0.288. The van der Waals surface area contributed by atoms with Crippen LogP contribution in [0.2, 0.25) is 0 Å². The van der Waals surface area contributed by atoms with E-state index in [0.717, 1.165) is 22.6 Å². The second-order valence-corrected chi connectivity index (χ2v) is 6.34. The van der Waals surface area contributed by atoms with Crippen molar-refractivity contribution in [1.82, 2.24) is 10.2 Å². The molecule has 0 aliphatic rings. The maximum absolute atomic E-state index is 12.1. The summed E-state index contributed by atoms with van der Waals surface area (Å²) in [7, 11) is 3.89. The Morgan fingerprint density at radius 3 is 2.04 bits per heavy atom. The normalized spacial score (nSPS) is 10.2. The molecule has 2 aromatic carbocycles. The van der Waals surface area contributed by atoms with E-state index in [2.05, 4.69) is 26.1 Å². The van der Waals surface area contributed by atoms with E-state index in [1.807, 2.05) is 80.5 Å². The lowest BCUT2D eigenvalue weighted by atomic mass is 10.2. The van der Waals surface area contributed by atoms with Crippen molar-refractivity contribution in [2.75, 3.05) is 34.9 Å². The summed E-state index contributed by atoms with van der Waals surface area (Å²) in [6.07, 6.45) is 1.70. The summed E-state index contributed by atoms with van der Waals surface area (Å²) < 4.78 is 0. The van der Waals surface area contributed by atoms with Crippen molar-refractivity contribution in [3.8, 4) is 0 Å². The molecule has 3 N–H and O–H groups in total. The van der Waals surface area contributed by atoms with Crippen LogP contribution >= 0.6 is 0 Å². The molecule has 0 saturated carbocycles. The molecule has 3 aromatic rings. The van der Waals surface area contributed by atoms with Gasteiger partial charge in [0.25, 0.3) is 0 Å². The average molecular weight is 362 g/mol. The van der Waals surface area contributed by atoms with Crippen molar-refractivity contribution in [3.63, 3.8) is 0 Å². The lowest BCUT2D eigenvalue weighted by Gasteiger charge is -2.13. The SMILES string of the molecule is Cc1ccc(NC(=O)Nc2ccc(Nc3cc(N(C)C)cnn3)cc2)cc1. The topological polar surface area (TPSA) is 82.2 Å². The molecule has 27 heavy (non-hydrogen) atoms. The number of rotatable bonds is 5. The summed E-state index contributed by atoms with van der Waals surface area (Å²) >= 11 is 0. The van der Waals surface area contributed by atoms with Gasteiger partial charge in [-0.25, -0.2) is 4.79 Å². The third kappa shape index (κ3) is 5.18. The maximum atomic E-state index is 12.1. The van der Waals surface area contributed by atoms with Crippen LogP contribution in [0.15, 0.2) is 60.8 Å². The number of amides is 2. The van der Waals surface area contributed by atoms with Gasteiger partial charge in [-0.15, -0.1) is 5.10 Å². The minimum Gasteiger partial charge on any atom is -0.376 e. The maximum Gasteiger partial charge on any atom is 0.323 e. The van der Waals surface area contributed by atoms with Crippen LogP contribution in [-0.4, -0.2) is 30.3 Å². The molecule has 7 heteroatoms. The van der Waals surface area contributed by atoms with E-state index in [-0.39, 0.29) is 6.03 Å². The summed E-state index contributed by atoms with van der Waals surface area (Å²) in [6, 6.07) is 16.6. The van der Waals surface area contributed by atoms with Gasteiger partial charge < -0.3 is 20.9 Å². The Bertz CT molecular complexity index is 907. The number of nitrogens with one attached hydrogen (secondary N) is 3. The van der Waals surface area contributed by atoms with Gasteiger partial charge in [-0.2, -0.15) is 5.10 Å². The lowest BCUT2D eigenvalue weighted by molar-refractivity contribution is 0.262. The number of aryl methyl sites for hydroxylation is 1. The summed E-state index contributed by atoms with van der Waals surface area (Å²) in [5.41, 5.74) is 4.39. The lowest BCUT2D eigenvalue weighted by Crippen LogP contribution is -2.19. The Hall–Kier alpha value is -3.61. The molecule has 0 atom stereocenters. The second-order valence-electron chi connectivity index (χ2n) is 6.34. The fraction of sp³-hybridized carbons (Fsp3) is 0.150. The highest BCUT2D eigenvalue weighted by Crippen LogP contribution is 2.20. The first kappa shape index (κ1) is 18.2. The number of hydrogen-bond acceptors (Lipinski definition) is 5. The molecule has 0 radical (unpaired) electrons. The zero-order valence-corrected chi connectivity index (χ0v) is 15.5. The van der Waals surface area contributed by atoms with Crippen LogP contribution in [0.25, 0.3) is 0 Å². The number of carbonyl (C=O) groups excluding carboxylic acids is 1. The van der Waals surface area contributed by atoms with Gasteiger partial charge in [0.15, 0.2) is 5.82 Å². The molecule has 138 valence electrons. The predicted molar refractivity (Wildman–Crippen MR) is 110 cm³/mol. The van der Waals surface area contributed by atoms with Gasteiger partial charge in [-0.1, -0.05) is 17.7 Å². The van der Waals surface area contributed by atoms with Crippen LogP contribution in [0, 0.1) is 6.92 Å². The largest absolute Gasteiger partial charge is 0.376 e. The zero-order valence-electron chi connectivity index (χ0n) is 15.5. The Labute approximate surface area is 158 Å². The molecule has 0 spiro atoms. The van der Waals surface area contributed by atoms with Crippen LogP contribution in [-0.2, 0) is 0 Å². The number of hydrogen-bond donors (Lipinski definition) is 3. The highest BCUT2D eigenvalue weighted by Gasteiger charge is 2.04. The molecule has 0 fully saturated rings. The first-order valence-corrected chi connectivity index (χ1v) is 8.51. The van der Waals surface area contributed by atoms with Crippen LogP contribution in [0.1, 0.15) is 5.56 Å². The van der Waals surface area contributed by atoms with Gasteiger partial charge in [-0.3, -0.25) is 0 Å². The number of nitrogens with zero attached hydrogens (tertiary/aromatic N) is 3. The number of aromatic nitrogens is 2. The van der Waals surface area contributed by atoms with Gasteiger partial charge in [0, 0.05) is 37.2 Å². The molecule has 0 aliphatic carbocycles. The number of carbonyl (C=O) groups is 1. The van der Waals surface area contributed by atoms with E-state index in [1.165, 1.54) is 0 Å². The summed E-state index contributed by atoms with van der Waals surface area (Å²) in [5, 5.41) is 16.9. The van der Waals surface area contributed by atoms with Crippen LogP contribution in [0.4, 0.5) is 33.4 Å². The molecule has 1 heterocycles. The van der Waals surface area contributed by atoms with Crippen molar-refractivity contribution in [2.45, 2.75) is 6.92 Å². The van der Waals surface area contributed by atoms with Crippen molar-refractivity contribution in [3.05, 3.63) is 66.4 Å². The Morgan fingerprint density at radius 2 is 1.44 bits per heavy atom. The fourth-order valence-corrected chi connectivity index (χ4v) is 2.38. The summed E-state index contributed by atoms with van der Waals surface area (Å²) in [4.78, 5) is 14.0. The van der Waals surface area contributed by atoms with Crippen LogP contribution in [0.3, 0.4) is 0 Å². The molecular formula is C20H22N6O. The average Bonchev–Trinajstić information content (AvgIpc) is 2.65. The molecule has 0 unspecified atom stereocenters. The number of urea groups is 1. The molecular weight excluding hydrogens is 340 g/mol. The summed E-state index contributed by atoms with van der Waals surface area (Å²) in [6.45, 7) is 2.00.